The quantitative estimate of drug-likeness (QED) is 0.631. The first kappa shape index (κ1) is 11.0. The molecule has 0 radical (unpaired) electrons. The van der Waals surface area contributed by atoms with Crippen LogP contribution in [-0.2, 0) is 4.79 Å². The predicted octanol–water partition coefficient (Wildman–Crippen LogP) is 0.0541. The summed E-state index contributed by atoms with van der Waals surface area (Å²) in [5.41, 5.74) is 4.90. The maximum absolute atomic E-state index is 11.7. The molecule has 1 fully saturated rings. The number of nitrogens with two attached hydrogens (primary N) is 1. The van der Waals surface area contributed by atoms with Crippen molar-refractivity contribution >= 4 is 11.9 Å². The molecule has 1 heterocycles. The number of nitrogens with one attached hydrogen (secondary N) is 1. The zero-order valence-corrected chi connectivity index (χ0v) is 8.83. The number of carbonyl (C=O) groups is 2. The van der Waals surface area contributed by atoms with Crippen LogP contribution in [-0.4, -0.2) is 35.0 Å². The first-order valence-corrected chi connectivity index (χ1v) is 4.78. The standard InChI is InChI=1S/C9H17N3O2/c1-4-6(10)5-12-7(13)9(2,3)11-8(12)14/h6H,4-5,10H2,1-3H3,(H,11,14). The van der Waals surface area contributed by atoms with E-state index in [4.69, 9.17) is 5.73 Å². The Hall–Kier alpha value is -1.10. The van der Waals surface area contributed by atoms with Gasteiger partial charge < -0.3 is 11.1 Å². The zero-order valence-electron chi connectivity index (χ0n) is 8.83. The Kier molecular flexibility index (Phi) is 2.80. The highest BCUT2D eigenvalue weighted by atomic mass is 16.2. The Balaban J connectivity index is 2.71. The molecule has 1 atom stereocenters. The molecule has 0 spiro atoms. The number of hydrogen-bond donors (Lipinski definition) is 2. The highest BCUT2D eigenvalue weighted by Crippen LogP contribution is 2.16. The molecule has 0 aromatic heterocycles. The second-order valence-corrected chi connectivity index (χ2v) is 4.14. The van der Waals surface area contributed by atoms with Crippen molar-refractivity contribution in [2.45, 2.75) is 38.8 Å². The molecule has 0 aliphatic carbocycles. The summed E-state index contributed by atoms with van der Waals surface area (Å²) in [6.07, 6.45) is 0.748. The molecule has 0 bridgehead atoms. The molecule has 0 saturated carbocycles. The second kappa shape index (κ2) is 3.57. The van der Waals surface area contributed by atoms with Crippen molar-refractivity contribution in [2.24, 2.45) is 5.73 Å². The van der Waals surface area contributed by atoms with Gasteiger partial charge in [0.2, 0.25) is 0 Å². The minimum Gasteiger partial charge on any atom is -0.326 e. The van der Waals surface area contributed by atoms with E-state index in [-0.39, 0.29) is 18.0 Å². The topological polar surface area (TPSA) is 75.4 Å². The van der Waals surface area contributed by atoms with Crippen molar-refractivity contribution in [3.05, 3.63) is 0 Å². The van der Waals surface area contributed by atoms with E-state index in [9.17, 15) is 9.59 Å². The molecule has 14 heavy (non-hydrogen) atoms. The van der Waals surface area contributed by atoms with E-state index in [0.717, 1.165) is 6.42 Å². The smallest absolute Gasteiger partial charge is 0.325 e. The summed E-state index contributed by atoms with van der Waals surface area (Å²) in [6.45, 7) is 5.59. The number of imide groups is 1. The van der Waals surface area contributed by atoms with Gasteiger partial charge in [0.05, 0.1) is 0 Å². The van der Waals surface area contributed by atoms with Crippen LogP contribution < -0.4 is 11.1 Å². The van der Waals surface area contributed by atoms with Crippen LogP contribution in [0, 0.1) is 0 Å². The van der Waals surface area contributed by atoms with Gasteiger partial charge in [-0.1, -0.05) is 6.92 Å². The molecular formula is C9H17N3O2. The van der Waals surface area contributed by atoms with Crippen LogP contribution in [0.4, 0.5) is 4.79 Å². The average molecular weight is 199 g/mol. The normalized spacial score (nSPS) is 22.4. The first-order chi connectivity index (χ1) is 6.38. The number of hydrogen-bond acceptors (Lipinski definition) is 3. The maximum Gasteiger partial charge on any atom is 0.325 e. The van der Waals surface area contributed by atoms with Gasteiger partial charge in [0, 0.05) is 12.6 Å². The fourth-order valence-corrected chi connectivity index (χ4v) is 1.35. The van der Waals surface area contributed by atoms with E-state index in [1.54, 1.807) is 13.8 Å². The lowest BCUT2D eigenvalue weighted by atomic mass is 10.1. The molecule has 1 rings (SSSR count). The predicted molar refractivity (Wildman–Crippen MR) is 52.6 cm³/mol. The van der Waals surface area contributed by atoms with Gasteiger partial charge in [-0.05, 0) is 20.3 Å². The molecule has 3 N–H and O–H groups in total. The third kappa shape index (κ3) is 1.87. The van der Waals surface area contributed by atoms with Gasteiger partial charge in [-0.15, -0.1) is 0 Å². The number of urea groups is 1. The lowest BCUT2D eigenvalue weighted by Crippen LogP contribution is -2.43. The third-order valence-electron chi connectivity index (χ3n) is 2.39. The summed E-state index contributed by atoms with van der Waals surface area (Å²) in [6, 6.07) is -0.484. The molecule has 1 saturated heterocycles. The van der Waals surface area contributed by atoms with E-state index in [1.165, 1.54) is 4.90 Å². The fourth-order valence-electron chi connectivity index (χ4n) is 1.35. The summed E-state index contributed by atoms with van der Waals surface area (Å²) in [7, 11) is 0. The molecule has 80 valence electrons. The van der Waals surface area contributed by atoms with Crippen molar-refractivity contribution in [3.63, 3.8) is 0 Å². The van der Waals surface area contributed by atoms with Crippen LogP contribution in [0.15, 0.2) is 0 Å². The van der Waals surface area contributed by atoms with Crippen molar-refractivity contribution in [3.8, 4) is 0 Å². The lowest BCUT2D eigenvalue weighted by Gasteiger charge is -2.18. The van der Waals surface area contributed by atoms with E-state index in [0.29, 0.717) is 6.54 Å². The Bertz CT molecular complexity index is 263. The highest BCUT2D eigenvalue weighted by molar-refractivity contribution is 6.06. The van der Waals surface area contributed by atoms with Gasteiger partial charge in [-0.3, -0.25) is 9.69 Å². The van der Waals surface area contributed by atoms with Crippen LogP contribution in [0.3, 0.4) is 0 Å². The molecule has 1 aliphatic heterocycles. The number of amides is 3. The van der Waals surface area contributed by atoms with E-state index < -0.39 is 5.54 Å². The minimum atomic E-state index is -0.787. The Morgan fingerprint density at radius 1 is 1.50 bits per heavy atom. The first-order valence-electron chi connectivity index (χ1n) is 4.78. The maximum atomic E-state index is 11.7. The monoisotopic (exact) mass is 199 g/mol. The number of rotatable bonds is 3. The second-order valence-electron chi connectivity index (χ2n) is 4.14. The number of nitrogens with zero attached hydrogens (tertiary/aromatic N) is 1. The van der Waals surface area contributed by atoms with Crippen LogP contribution in [0.25, 0.3) is 0 Å². The molecule has 5 heteroatoms. The minimum absolute atomic E-state index is 0.140. The molecule has 0 aromatic rings. The molecule has 1 aliphatic rings. The third-order valence-corrected chi connectivity index (χ3v) is 2.39. The van der Waals surface area contributed by atoms with Gasteiger partial charge in [-0.25, -0.2) is 4.79 Å². The Labute approximate surface area is 83.6 Å². The molecule has 0 aromatic carbocycles. The van der Waals surface area contributed by atoms with E-state index in [1.807, 2.05) is 6.92 Å². The van der Waals surface area contributed by atoms with Crippen LogP contribution in [0.2, 0.25) is 0 Å². The average Bonchev–Trinajstić information content (AvgIpc) is 2.28. The zero-order chi connectivity index (χ0) is 10.9. The van der Waals surface area contributed by atoms with Crippen molar-refractivity contribution < 1.29 is 9.59 Å². The van der Waals surface area contributed by atoms with Gasteiger partial charge in [0.25, 0.3) is 5.91 Å². The van der Waals surface area contributed by atoms with Gasteiger partial charge in [-0.2, -0.15) is 0 Å². The van der Waals surface area contributed by atoms with Gasteiger partial charge >= 0.3 is 6.03 Å². The van der Waals surface area contributed by atoms with Crippen LogP contribution >= 0.6 is 0 Å². The summed E-state index contributed by atoms with van der Waals surface area (Å²) >= 11 is 0. The van der Waals surface area contributed by atoms with Crippen molar-refractivity contribution in [2.75, 3.05) is 6.54 Å². The van der Waals surface area contributed by atoms with Crippen LogP contribution in [0.1, 0.15) is 27.2 Å². The van der Waals surface area contributed by atoms with E-state index >= 15 is 0 Å². The summed E-state index contributed by atoms with van der Waals surface area (Å²) in [5.74, 6) is -0.202. The van der Waals surface area contributed by atoms with Crippen LogP contribution in [0.5, 0.6) is 0 Å². The fraction of sp³-hybridized carbons (Fsp3) is 0.778. The Morgan fingerprint density at radius 3 is 2.43 bits per heavy atom. The molecule has 5 nitrogen and oxygen atoms in total. The largest absolute Gasteiger partial charge is 0.326 e. The molecule has 1 unspecified atom stereocenters. The molecule has 3 amide bonds. The highest BCUT2D eigenvalue weighted by Gasteiger charge is 2.44. The van der Waals surface area contributed by atoms with Gasteiger partial charge in [0.15, 0.2) is 0 Å². The molecular weight excluding hydrogens is 182 g/mol. The van der Waals surface area contributed by atoms with Gasteiger partial charge in [0.1, 0.15) is 5.54 Å². The van der Waals surface area contributed by atoms with Crippen molar-refractivity contribution in [1.29, 1.82) is 0 Å². The summed E-state index contributed by atoms with van der Waals surface area (Å²) in [5, 5.41) is 2.60. The Morgan fingerprint density at radius 2 is 2.07 bits per heavy atom. The summed E-state index contributed by atoms with van der Waals surface area (Å²) in [4.78, 5) is 24.3. The van der Waals surface area contributed by atoms with E-state index in [2.05, 4.69) is 5.32 Å². The lowest BCUT2D eigenvalue weighted by molar-refractivity contribution is -0.130. The van der Waals surface area contributed by atoms with Crippen molar-refractivity contribution in [1.82, 2.24) is 10.2 Å². The number of carbonyl (C=O) groups excluding carboxylic acids is 2. The SMILES string of the molecule is CCC(N)CN1C(=O)NC(C)(C)C1=O. The summed E-state index contributed by atoms with van der Waals surface area (Å²) < 4.78 is 0.